The first-order chi connectivity index (χ1) is 14.8. The maximum Gasteiger partial charge on any atom is 0.418 e. The van der Waals surface area contributed by atoms with E-state index in [0.717, 1.165) is 37.3 Å². The monoisotopic (exact) mass is 433 g/mol. The van der Waals surface area contributed by atoms with Crippen LogP contribution in [0.1, 0.15) is 31.9 Å². The number of fused-ring (bicyclic) bond motifs is 2. The molecule has 31 heavy (non-hydrogen) atoms. The van der Waals surface area contributed by atoms with Crippen LogP contribution in [0, 0.1) is 11.8 Å². The number of halogens is 3. The quantitative estimate of drug-likeness (QED) is 0.667. The molecule has 3 aromatic rings. The van der Waals surface area contributed by atoms with Crippen molar-refractivity contribution in [1.29, 1.82) is 0 Å². The van der Waals surface area contributed by atoms with Gasteiger partial charge in [-0.1, -0.05) is 0 Å². The Morgan fingerprint density at radius 1 is 1.19 bits per heavy atom. The van der Waals surface area contributed by atoms with Gasteiger partial charge in [0.1, 0.15) is 5.65 Å². The Bertz CT molecular complexity index is 1060. The average Bonchev–Trinajstić information content (AvgIpc) is 3.11. The summed E-state index contributed by atoms with van der Waals surface area (Å²) in [6.45, 7) is 8.70. The Morgan fingerprint density at radius 3 is 2.52 bits per heavy atom. The fourth-order valence-corrected chi connectivity index (χ4v) is 4.32. The summed E-state index contributed by atoms with van der Waals surface area (Å²) in [6.07, 6.45) is 1.37. The topological polar surface area (TPSA) is 59.0 Å². The van der Waals surface area contributed by atoms with Crippen LogP contribution in [0.5, 0.6) is 0 Å². The largest absolute Gasteiger partial charge is 0.418 e. The lowest BCUT2D eigenvalue weighted by molar-refractivity contribution is -0.136. The third-order valence-corrected chi connectivity index (χ3v) is 6.41. The van der Waals surface area contributed by atoms with E-state index in [1.165, 1.54) is 31.8 Å². The molecule has 1 saturated carbocycles. The highest BCUT2D eigenvalue weighted by Crippen LogP contribution is 2.46. The van der Waals surface area contributed by atoms with Crippen molar-refractivity contribution in [3.8, 4) is 11.3 Å². The first kappa shape index (κ1) is 20.5. The highest BCUT2D eigenvalue weighted by atomic mass is 19.4. The Balaban J connectivity index is 0.000000167. The minimum absolute atomic E-state index is 0.0547. The van der Waals surface area contributed by atoms with Crippen LogP contribution in [-0.2, 0) is 10.9 Å². The molecule has 3 aromatic heterocycles. The van der Waals surface area contributed by atoms with Gasteiger partial charge in [-0.3, -0.25) is 9.58 Å². The van der Waals surface area contributed by atoms with Gasteiger partial charge >= 0.3 is 6.18 Å². The van der Waals surface area contributed by atoms with Crippen LogP contribution in [0.3, 0.4) is 0 Å². The number of H-pyrrole nitrogens is 1. The number of aromatic nitrogens is 4. The number of likely N-dealkylation sites (tertiary alicyclic amines) is 1. The van der Waals surface area contributed by atoms with Gasteiger partial charge in [-0.05, 0) is 44.2 Å². The number of alkyl halides is 3. The fourth-order valence-electron chi connectivity index (χ4n) is 4.32. The van der Waals surface area contributed by atoms with Gasteiger partial charge in [0.2, 0.25) is 0 Å². The Hall–Kier alpha value is -2.39. The number of pyridine rings is 1. The summed E-state index contributed by atoms with van der Waals surface area (Å²) in [5.74, 6) is 2.17. The van der Waals surface area contributed by atoms with Crippen molar-refractivity contribution in [2.75, 3.05) is 26.3 Å². The smallest absolute Gasteiger partial charge is 0.378 e. The lowest BCUT2D eigenvalue weighted by Crippen LogP contribution is -2.48. The van der Waals surface area contributed by atoms with Crippen LogP contribution >= 0.6 is 0 Å². The van der Waals surface area contributed by atoms with Crippen molar-refractivity contribution in [2.45, 2.75) is 38.5 Å². The molecule has 2 unspecified atom stereocenters. The molecule has 6 nitrogen and oxygen atoms in total. The van der Waals surface area contributed by atoms with Gasteiger partial charge in [-0.15, -0.1) is 0 Å². The van der Waals surface area contributed by atoms with Gasteiger partial charge in [0.25, 0.3) is 0 Å². The number of hydrogen-bond acceptors (Lipinski definition) is 4. The Labute approximate surface area is 178 Å². The van der Waals surface area contributed by atoms with Crippen LogP contribution in [0.25, 0.3) is 22.3 Å². The maximum atomic E-state index is 12.9. The van der Waals surface area contributed by atoms with E-state index >= 15 is 0 Å². The molecule has 5 heterocycles. The van der Waals surface area contributed by atoms with E-state index in [2.05, 4.69) is 20.0 Å². The molecule has 3 aliphatic rings. The van der Waals surface area contributed by atoms with E-state index in [-0.39, 0.29) is 17.1 Å². The molecule has 3 fully saturated rings. The zero-order valence-corrected chi connectivity index (χ0v) is 17.6. The minimum Gasteiger partial charge on any atom is -0.378 e. The molecule has 1 aliphatic carbocycles. The van der Waals surface area contributed by atoms with E-state index in [0.29, 0.717) is 11.3 Å². The highest BCUT2D eigenvalue weighted by molar-refractivity contribution is 5.84. The van der Waals surface area contributed by atoms with E-state index < -0.39 is 11.7 Å². The first-order valence-corrected chi connectivity index (χ1v) is 10.7. The number of ether oxygens (including phenoxy) is 1. The normalized spacial score (nSPS) is 23.5. The zero-order valence-electron chi connectivity index (χ0n) is 17.6. The lowest BCUT2D eigenvalue weighted by atomic mass is 10.1. The van der Waals surface area contributed by atoms with Crippen LogP contribution in [-0.4, -0.2) is 57.0 Å². The molecular formula is C22H26F3N5O. The molecule has 2 atom stereocenters. The Kier molecular flexibility index (Phi) is 5.05. The molecule has 9 heteroatoms. The van der Waals surface area contributed by atoms with E-state index in [4.69, 9.17) is 4.74 Å². The summed E-state index contributed by atoms with van der Waals surface area (Å²) in [4.78, 5) is 9.19. The van der Waals surface area contributed by atoms with Crippen molar-refractivity contribution in [1.82, 2.24) is 24.6 Å². The number of hydrogen-bond donors (Lipinski definition) is 1. The standard InChI is InChI=1S/C14H13F3N4.C8H13NO/c1-8(2)21-4-3-12(20-21)9-5-10-11(14(15,16)17)7-19-13(10)18-6-9;1-6-2-9(3-7(1)6)8-4-10-5-8/h3-8H,1-2H3,(H,18,19);6-8H,1-5H2. The minimum atomic E-state index is -4.41. The summed E-state index contributed by atoms with van der Waals surface area (Å²) < 4.78 is 45.7. The molecule has 0 radical (unpaired) electrons. The van der Waals surface area contributed by atoms with Gasteiger partial charge in [-0.25, -0.2) is 4.98 Å². The molecule has 6 rings (SSSR count). The lowest BCUT2D eigenvalue weighted by Gasteiger charge is -2.35. The molecule has 2 saturated heterocycles. The number of nitrogens with one attached hydrogen (secondary N) is 1. The van der Waals surface area contributed by atoms with Crippen LogP contribution in [0.2, 0.25) is 0 Å². The number of piperidine rings is 1. The highest BCUT2D eigenvalue weighted by Gasteiger charge is 2.47. The van der Waals surface area contributed by atoms with Crippen molar-refractivity contribution >= 4 is 11.0 Å². The number of rotatable bonds is 3. The van der Waals surface area contributed by atoms with Crippen molar-refractivity contribution in [3.05, 3.63) is 36.3 Å². The van der Waals surface area contributed by atoms with E-state index in [9.17, 15) is 13.2 Å². The number of aromatic amines is 1. The van der Waals surface area contributed by atoms with Gasteiger partial charge in [0.05, 0.1) is 30.5 Å². The molecule has 0 aromatic carbocycles. The number of nitrogens with zero attached hydrogens (tertiary/aromatic N) is 4. The van der Waals surface area contributed by atoms with Crippen LogP contribution in [0.4, 0.5) is 13.2 Å². The average molecular weight is 433 g/mol. The second kappa shape index (κ2) is 7.63. The third-order valence-electron chi connectivity index (χ3n) is 6.41. The van der Waals surface area contributed by atoms with Crippen LogP contribution < -0.4 is 0 Å². The molecular weight excluding hydrogens is 407 g/mol. The van der Waals surface area contributed by atoms with Gasteiger partial charge < -0.3 is 9.72 Å². The molecule has 0 amide bonds. The van der Waals surface area contributed by atoms with Crippen molar-refractivity contribution in [2.24, 2.45) is 11.8 Å². The maximum absolute atomic E-state index is 12.9. The summed E-state index contributed by atoms with van der Waals surface area (Å²) in [5, 5.41) is 4.40. The second-order valence-electron chi connectivity index (χ2n) is 9.00. The van der Waals surface area contributed by atoms with E-state index in [1.807, 2.05) is 13.8 Å². The van der Waals surface area contributed by atoms with Gasteiger partial charge in [-0.2, -0.15) is 18.3 Å². The zero-order chi connectivity index (χ0) is 21.8. The van der Waals surface area contributed by atoms with E-state index in [1.54, 1.807) is 16.9 Å². The predicted octanol–water partition coefficient (Wildman–Crippen LogP) is 4.36. The molecule has 166 valence electrons. The first-order valence-electron chi connectivity index (χ1n) is 10.7. The predicted molar refractivity (Wildman–Crippen MR) is 110 cm³/mol. The molecule has 0 bridgehead atoms. The molecule has 1 N–H and O–H groups in total. The van der Waals surface area contributed by atoms with Crippen LogP contribution in [0.15, 0.2) is 30.7 Å². The summed E-state index contributed by atoms with van der Waals surface area (Å²) in [6, 6.07) is 4.22. The third kappa shape index (κ3) is 4.08. The van der Waals surface area contributed by atoms with Crippen molar-refractivity contribution in [3.63, 3.8) is 0 Å². The van der Waals surface area contributed by atoms with Gasteiger partial charge in [0.15, 0.2) is 0 Å². The SMILES string of the molecule is C1C2CN(C3COC3)CC12.CC(C)n1ccc(-c2cnc3[nH]cc(C(F)(F)F)c3c2)n1. The molecule has 2 aliphatic heterocycles. The molecule has 0 spiro atoms. The summed E-state index contributed by atoms with van der Waals surface area (Å²) in [5.41, 5.74) is 0.670. The second-order valence-corrected chi connectivity index (χ2v) is 9.00. The Morgan fingerprint density at radius 2 is 1.94 bits per heavy atom. The van der Waals surface area contributed by atoms with Crippen molar-refractivity contribution < 1.29 is 17.9 Å². The summed E-state index contributed by atoms with van der Waals surface area (Å²) in [7, 11) is 0. The summed E-state index contributed by atoms with van der Waals surface area (Å²) >= 11 is 0. The van der Waals surface area contributed by atoms with Gasteiger partial charge in [0, 0.05) is 48.7 Å². The fraction of sp³-hybridized carbons (Fsp3) is 0.545.